The number of benzene rings is 2. The van der Waals surface area contributed by atoms with Crippen LogP contribution < -0.4 is 14.9 Å². The molecule has 2 aromatic carbocycles. The van der Waals surface area contributed by atoms with Crippen LogP contribution in [-0.2, 0) is 19.6 Å². The van der Waals surface area contributed by atoms with Gasteiger partial charge in [0, 0.05) is 22.0 Å². The highest BCUT2D eigenvalue weighted by Crippen LogP contribution is 2.37. The molecule has 0 saturated carbocycles. The molecule has 9 heteroatoms. The Hall–Kier alpha value is -2.39. The highest BCUT2D eigenvalue weighted by molar-refractivity contribution is 9.10. The van der Waals surface area contributed by atoms with Crippen LogP contribution in [0.25, 0.3) is 0 Å². The zero-order chi connectivity index (χ0) is 20.1. The Balaban J connectivity index is 1.88. The van der Waals surface area contributed by atoms with Crippen molar-refractivity contribution in [2.75, 3.05) is 12.5 Å². The molecule has 3 rings (SSSR count). The number of aromatic nitrogens is 3. The van der Waals surface area contributed by atoms with Gasteiger partial charge in [0.25, 0.3) is 0 Å². The third-order valence-corrected chi connectivity index (χ3v) is 5.21. The van der Waals surface area contributed by atoms with E-state index < -0.39 is 0 Å². The zero-order valence-corrected chi connectivity index (χ0v) is 17.9. The molecule has 1 heterocycles. The second-order valence-electron chi connectivity index (χ2n) is 5.91. The number of aromatic amines is 1. The highest BCUT2D eigenvalue weighted by Gasteiger charge is 2.16. The van der Waals surface area contributed by atoms with E-state index >= 15 is 0 Å². The molecule has 0 saturated heterocycles. The number of aryl methyl sites for hydroxylation is 1. The maximum atomic E-state index is 14.0. The summed E-state index contributed by atoms with van der Waals surface area (Å²) in [4.78, 5) is 0. The van der Waals surface area contributed by atoms with E-state index in [4.69, 9.17) is 21.7 Å². The fourth-order valence-electron chi connectivity index (χ4n) is 2.72. The van der Waals surface area contributed by atoms with Gasteiger partial charge in [-0.25, -0.2) is 9.07 Å². The Kier molecular flexibility index (Phi) is 6.69. The topological polar surface area (TPSA) is 64.1 Å². The molecule has 0 aliphatic carbocycles. The van der Waals surface area contributed by atoms with Crippen LogP contribution in [-0.4, -0.2) is 22.0 Å². The predicted molar refractivity (Wildman–Crippen MR) is 111 cm³/mol. The number of halogens is 2. The van der Waals surface area contributed by atoms with Crippen molar-refractivity contribution in [3.8, 4) is 11.5 Å². The predicted octanol–water partition coefficient (Wildman–Crippen LogP) is 4.74. The van der Waals surface area contributed by atoms with Gasteiger partial charge in [-0.15, -0.1) is 0 Å². The Morgan fingerprint density at radius 2 is 2.07 bits per heavy atom. The average Bonchev–Trinajstić information content (AvgIpc) is 3.06. The van der Waals surface area contributed by atoms with Crippen LogP contribution in [0.2, 0.25) is 0 Å². The minimum Gasteiger partial charge on any atom is -0.493 e. The SMILES string of the molecule is CCc1n[nH]c(=S)n1NCc1c(Br)ccc(OC)c1OCc1ccccc1F. The lowest BCUT2D eigenvalue weighted by Crippen LogP contribution is -2.18. The van der Waals surface area contributed by atoms with Crippen LogP contribution >= 0.6 is 28.1 Å². The number of H-pyrrole nitrogens is 1. The van der Waals surface area contributed by atoms with E-state index in [1.807, 2.05) is 13.0 Å². The molecular weight excluding hydrogens is 447 g/mol. The van der Waals surface area contributed by atoms with Crippen molar-refractivity contribution < 1.29 is 13.9 Å². The molecule has 0 amide bonds. The summed E-state index contributed by atoms with van der Waals surface area (Å²) in [5.41, 5.74) is 4.54. The first kappa shape index (κ1) is 20.3. The van der Waals surface area contributed by atoms with Crippen molar-refractivity contribution in [1.29, 1.82) is 0 Å². The van der Waals surface area contributed by atoms with Crippen LogP contribution in [0.15, 0.2) is 40.9 Å². The average molecular weight is 467 g/mol. The number of rotatable bonds is 8. The number of methoxy groups -OCH3 is 1. The maximum absolute atomic E-state index is 14.0. The highest BCUT2D eigenvalue weighted by atomic mass is 79.9. The molecule has 0 atom stereocenters. The third-order valence-electron chi connectivity index (χ3n) is 4.19. The molecule has 1 aromatic heterocycles. The number of hydrogen-bond donors (Lipinski definition) is 2. The molecule has 0 aliphatic heterocycles. The van der Waals surface area contributed by atoms with Gasteiger partial charge in [0.1, 0.15) is 12.4 Å². The Bertz CT molecular complexity index is 1020. The van der Waals surface area contributed by atoms with E-state index in [9.17, 15) is 4.39 Å². The molecule has 0 fully saturated rings. The second kappa shape index (κ2) is 9.20. The summed E-state index contributed by atoms with van der Waals surface area (Å²) >= 11 is 8.83. The van der Waals surface area contributed by atoms with E-state index in [1.165, 1.54) is 6.07 Å². The minimum atomic E-state index is -0.312. The lowest BCUT2D eigenvalue weighted by atomic mass is 10.1. The van der Waals surface area contributed by atoms with Crippen molar-refractivity contribution in [3.05, 3.63) is 68.4 Å². The third kappa shape index (κ3) is 4.36. The second-order valence-corrected chi connectivity index (χ2v) is 7.15. The summed E-state index contributed by atoms with van der Waals surface area (Å²) in [6.07, 6.45) is 0.718. The lowest BCUT2D eigenvalue weighted by Gasteiger charge is -2.18. The first-order chi connectivity index (χ1) is 13.5. The van der Waals surface area contributed by atoms with Crippen LogP contribution in [0.1, 0.15) is 23.9 Å². The van der Waals surface area contributed by atoms with E-state index in [1.54, 1.807) is 36.1 Å². The molecule has 2 N–H and O–H groups in total. The van der Waals surface area contributed by atoms with Gasteiger partial charge in [-0.3, -0.25) is 5.10 Å². The molecule has 0 spiro atoms. The summed E-state index contributed by atoms with van der Waals surface area (Å²) < 4.78 is 28.4. The number of nitrogens with zero attached hydrogens (tertiary/aromatic N) is 2. The monoisotopic (exact) mass is 466 g/mol. The lowest BCUT2D eigenvalue weighted by molar-refractivity contribution is 0.276. The van der Waals surface area contributed by atoms with Crippen LogP contribution in [0.4, 0.5) is 4.39 Å². The molecule has 0 unspecified atom stereocenters. The summed E-state index contributed by atoms with van der Waals surface area (Å²) in [6, 6.07) is 10.2. The van der Waals surface area contributed by atoms with Gasteiger partial charge in [0.05, 0.1) is 13.7 Å². The van der Waals surface area contributed by atoms with Gasteiger partial charge in [0.2, 0.25) is 4.77 Å². The first-order valence-corrected chi connectivity index (χ1v) is 9.87. The summed E-state index contributed by atoms with van der Waals surface area (Å²) in [6.45, 7) is 2.47. The molecule has 3 aromatic rings. The van der Waals surface area contributed by atoms with Crippen molar-refractivity contribution in [2.24, 2.45) is 0 Å². The largest absolute Gasteiger partial charge is 0.493 e. The zero-order valence-electron chi connectivity index (χ0n) is 15.5. The van der Waals surface area contributed by atoms with Crippen molar-refractivity contribution in [1.82, 2.24) is 14.9 Å². The van der Waals surface area contributed by atoms with E-state index in [2.05, 4.69) is 31.6 Å². The first-order valence-electron chi connectivity index (χ1n) is 8.66. The standard InChI is InChI=1S/C19H20BrFN4O2S/c1-3-17-23-24-19(28)25(17)22-10-13-14(20)8-9-16(26-2)18(13)27-11-12-6-4-5-7-15(12)21/h4-9,22H,3,10-11H2,1-2H3,(H,24,28). The molecule has 0 bridgehead atoms. The van der Waals surface area contributed by atoms with Gasteiger partial charge >= 0.3 is 0 Å². The van der Waals surface area contributed by atoms with E-state index in [-0.39, 0.29) is 12.4 Å². The fraction of sp³-hybridized carbons (Fsp3) is 0.263. The molecule has 28 heavy (non-hydrogen) atoms. The molecular formula is C19H20BrFN4O2S. The van der Waals surface area contributed by atoms with Gasteiger partial charge in [0.15, 0.2) is 17.3 Å². The van der Waals surface area contributed by atoms with Crippen LogP contribution in [0.3, 0.4) is 0 Å². The van der Waals surface area contributed by atoms with Crippen LogP contribution in [0.5, 0.6) is 11.5 Å². The molecule has 6 nitrogen and oxygen atoms in total. The Morgan fingerprint density at radius 1 is 1.29 bits per heavy atom. The van der Waals surface area contributed by atoms with Gasteiger partial charge in [-0.05, 0) is 30.4 Å². The van der Waals surface area contributed by atoms with E-state index in [0.717, 1.165) is 22.3 Å². The van der Waals surface area contributed by atoms with Crippen molar-refractivity contribution in [3.63, 3.8) is 0 Å². The van der Waals surface area contributed by atoms with Gasteiger partial charge in [-0.2, -0.15) is 5.10 Å². The summed E-state index contributed by atoms with van der Waals surface area (Å²) in [5, 5.41) is 6.96. The maximum Gasteiger partial charge on any atom is 0.214 e. The molecule has 0 aliphatic rings. The Labute approximate surface area is 175 Å². The number of nitrogens with one attached hydrogen (secondary N) is 2. The number of hydrogen-bond acceptors (Lipinski definition) is 5. The van der Waals surface area contributed by atoms with Crippen LogP contribution in [0, 0.1) is 10.6 Å². The van der Waals surface area contributed by atoms with Crippen molar-refractivity contribution in [2.45, 2.75) is 26.5 Å². The normalized spacial score (nSPS) is 10.7. The minimum absolute atomic E-state index is 0.0812. The van der Waals surface area contributed by atoms with E-state index in [0.29, 0.717) is 28.4 Å². The fourth-order valence-corrected chi connectivity index (χ4v) is 3.39. The molecule has 148 valence electrons. The number of ether oxygens (including phenoxy) is 2. The van der Waals surface area contributed by atoms with Gasteiger partial charge < -0.3 is 14.9 Å². The molecule has 0 radical (unpaired) electrons. The summed E-state index contributed by atoms with van der Waals surface area (Å²) in [5.74, 6) is 1.56. The van der Waals surface area contributed by atoms with Gasteiger partial charge in [-0.1, -0.05) is 41.1 Å². The Morgan fingerprint density at radius 3 is 2.79 bits per heavy atom. The van der Waals surface area contributed by atoms with Crippen molar-refractivity contribution >= 4 is 28.1 Å². The smallest absolute Gasteiger partial charge is 0.214 e. The summed E-state index contributed by atoms with van der Waals surface area (Å²) in [7, 11) is 1.57. The quantitative estimate of drug-likeness (QED) is 0.469.